The van der Waals surface area contributed by atoms with E-state index in [1.165, 1.54) is 43.2 Å². The van der Waals surface area contributed by atoms with Crippen LogP contribution in [-0.4, -0.2) is 10.3 Å². The lowest BCUT2D eigenvalue weighted by Gasteiger charge is -2.17. The molecule has 5 nitrogen and oxygen atoms in total. The van der Waals surface area contributed by atoms with Crippen LogP contribution in [0.25, 0.3) is 0 Å². The molecule has 0 radical (unpaired) electrons. The Morgan fingerprint density at radius 3 is 1.42 bits per heavy atom. The SMILES string of the molecule is [O-][Cl+3]([O-])([O-])[O-].c1ccc(C[N+](Cc2ccccc2)=C2CCCCC2)cc1. The van der Waals surface area contributed by atoms with Crippen molar-refractivity contribution in [2.24, 2.45) is 0 Å². The Morgan fingerprint density at radius 1 is 0.654 bits per heavy atom. The van der Waals surface area contributed by atoms with Crippen LogP contribution in [0.5, 0.6) is 0 Å². The maximum Gasteiger partial charge on any atom is 0.168 e. The molecule has 1 fully saturated rings. The van der Waals surface area contributed by atoms with Crippen LogP contribution < -0.4 is 18.6 Å². The minimum absolute atomic E-state index is 1.03. The molecule has 0 spiro atoms. The summed E-state index contributed by atoms with van der Waals surface area (Å²) in [4.78, 5) is 0. The molecule has 0 heterocycles. The molecular formula is C20H24ClNO4. The highest BCUT2D eigenvalue weighted by Gasteiger charge is 2.18. The highest BCUT2D eigenvalue weighted by Crippen LogP contribution is 2.17. The van der Waals surface area contributed by atoms with Gasteiger partial charge >= 0.3 is 0 Å². The summed E-state index contributed by atoms with van der Waals surface area (Å²) < 4.78 is 36.6. The molecule has 0 N–H and O–H groups in total. The first kappa shape index (κ1) is 20.6. The van der Waals surface area contributed by atoms with Gasteiger partial charge < -0.3 is 0 Å². The van der Waals surface area contributed by atoms with E-state index in [0.29, 0.717) is 0 Å². The van der Waals surface area contributed by atoms with Crippen molar-refractivity contribution in [3.8, 4) is 0 Å². The first-order valence-corrected chi connectivity index (χ1v) is 9.94. The van der Waals surface area contributed by atoms with Crippen LogP contribution in [0.15, 0.2) is 60.7 Å². The zero-order chi connectivity index (χ0) is 18.8. The van der Waals surface area contributed by atoms with Gasteiger partial charge in [0, 0.05) is 24.0 Å². The van der Waals surface area contributed by atoms with Gasteiger partial charge in [0.2, 0.25) is 0 Å². The maximum absolute atomic E-state index is 8.49. The number of benzene rings is 2. The Balaban J connectivity index is 0.000000431. The van der Waals surface area contributed by atoms with Gasteiger partial charge in [0.15, 0.2) is 18.8 Å². The van der Waals surface area contributed by atoms with Crippen LogP contribution in [0, 0.1) is 10.2 Å². The van der Waals surface area contributed by atoms with Gasteiger partial charge in [0.1, 0.15) is 0 Å². The first-order chi connectivity index (χ1) is 12.4. The molecule has 0 aliphatic heterocycles. The Bertz CT molecular complexity index is 626. The summed E-state index contributed by atoms with van der Waals surface area (Å²) in [6, 6.07) is 21.7. The molecule has 0 unspecified atom stereocenters. The smallest absolute Gasteiger partial charge is 0.168 e. The van der Waals surface area contributed by atoms with E-state index in [2.05, 4.69) is 65.2 Å². The summed E-state index contributed by atoms with van der Waals surface area (Å²) in [5, 5.41) is 0. The molecule has 140 valence electrons. The Kier molecular flexibility index (Phi) is 8.22. The zero-order valence-electron chi connectivity index (χ0n) is 14.7. The number of hydrogen-bond acceptors (Lipinski definition) is 4. The second-order valence-corrected chi connectivity index (χ2v) is 7.09. The Labute approximate surface area is 156 Å². The van der Waals surface area contributed by atoms with Gasteiger partial charge in [0.25, 0.3) is 0 Å². The van der Waals surface area contributed by atoms with E-state index >= 15 is 0 Å². The molecule has 2 aromatic carbocycles. The normalized spacial score (nSPS) is 14.4. The fraction of sp³-hybridized carbons (Fsp3) is 0.350. The molecule has 1 saturated carbocycles. The minimum Gasteiger partial charge on any atom is -0.228 e. The highest BCUT2D eigenvalue weighted by atomic mass is 35.7. The number of rotatable bonds is 4. The third kappa shape index (κ3) is 8.56. The molecule has 0 aromatic heterocycles. The van der Waals surface area contributed by atoms with Crippen LogP contribution in [0.3, 0.4) is 0 Å². The fourth-order valence-corrected chi connectivity index (χ4v) is 3.16. The van der Waals surface area contributed by atoms with Crippen molar-refractivity contribution in [2.45, 2.75) is 45.2 Å². The summed E-state index contributed by atoms with van der Waals surface area (Å²) in [6.07, 6.45) is 6.66. The van der Waals surface area contributed by atoms with Crippen molar-refractivity contribution in [3.63, 3.8) is 0 Å². The van der Waals surface area contributed by atoms with Crippen LogP contribution in [0.2, 0.25) is 0 Å². The van der Waals surface area contributed by atoms with Crippen molar-refractivity contribution in [1.82, 2.24) is 0 Å². The first-order valence-electron chi connectivity index (χ1n) is 8.71. The molecule has 6 heteroatoms. The predicted molar refractivity (Wildman–Crippen MR) is 88.6 cm³/mol. The summed E-state index contributed by atoms with van der Waals surface area (Å²) in [5.41, 5.74) is 4.46. The quantitative estimate of drug-likeness (QED) is 0.703. The van der Waals surface area contributed by atoms with Gasteiger partial charge in [0.05, 0.1) is 0 Å². The molecule has 0 atom stereocenters. The van der Waals surface area contributed by atoms with Gasteiger partial charge in [-0.15, -0.1) is 10.2 Å². The second-order valence-electron chi connectivity index (χ2n) is 6.33. The lowest BCUT2D eigenvalue weighted by atomic mass is 9.97. The van der Waals surface area contributed by atoms with Crippen LogP contribution in [0.1, 0.15) is 43.2 Å². The molecular weight excluding hydrogens is 354 g/mol. The highest BCUT2D eigenvalue weighted by molar-refractivity contribution is 5.80. The topological polar surface area (TPSA) is 95.2 Å². The minimum atomic E-state index is -4.94. The van der Waals surface area contributed by atoms with E-state index in [0.717, 1.165) is 13.1 Å². The van der Waals surface area contributed by atoms with Crippen molar-refractivity contribution in [3.05, 3.63) is 71.8 Å². The number of nitrogens with zero attached hydrogens (tertiary/aromatic N) is 1. The van der Waals surface area contributed by atoms with E-state index in [4.69, 9.17) is 18.6 Å². The van der Waals surface area contributed by atoms with Crippen molar-refractivity contribution >= 4 is 5.71 Å². The monoisotopic (exact) mass is 377 g/mol. The van der Waals surface area contributed by atoms with Gasteiger partial charge in [-0.1, -0.05) is 67.1 Å². The van der Waals surface area contributed by atoms with E-state index in [9.17, 15) is 0 Å². The third-order valence-corrected chi connectivity index (χ3v) is 4.31. The molecule has 3 rings (SSSR count). The predicted octanol–water partition coefficient (Wildman–Crippen LogP) is 0.0484. The summed E-state index contributed by atoms with van der Waals surface area (Å²) in [5.74, 6) is 0. The van der Waals surface area contributed by atoms with Gasteiger partial charge in [-0.2, -0.15) is 0 Å². The van der Waals surface area contributed by atoms with Crippen LogP contribution in [-0.2, 0) is 13.1 Å². The number of hydrogen-bond donors (Lipinski definition) is 0. The standard InChI is InChI=1S/C20H24N.ClHO4/c1-4-10-18(11-5-1)16-21(20-14-8-3-9-15-20)17-19-12-6-2-7-13-19;2-1(3,4)5/h1-2,4-7,10-13H,3,8-9,14-17H2;(H,2,3,4,5)/q+1;/p-1. The summed E-state index contributed by atoms with van der Waals surface area (Å²) in [6.45, 7) is 2.07. The number of halogens is 1. The van der Waals surface area contributed by atoms with Crippen molar-refractivity contribution in [1.29, 1.82) is 0 Å². The third-order valence-electron chi connectivity index (χ3n) is 4.31. The van der Waals surface area contributed by atoms with Crippen molar-refractivity contribution in [2.75, 3.05) is 0 Å². The summed E-state index contributed by atoms with van der Waals surface area (Å²) in [7, 11) is -4.94. The molecule has 0 bridgehead atoms. The molecule has 26 heavy (non-hydrogen) atoms. The maximum atomic E-state index is 8.49. The van der Waals surface area contributed by atoms with Crippen LogP contribution in [0.4, 0.5) is 0 Å². The lowest BCUT2D eigenvalue weighted by molar-refractivity contribution is -2.00. The van der Waals surface area contributed by atoms with Gasteiger partial charge in [-0.25, -0.2) is 23.2 Å². The van der Waals surface area contributed by atoms with Crippen molar-refractivity contribution < 1.29 is 33.5 Å². The van der Waals surface area contributed by atoms with Crippen LogP contribution >= 0.6 is 0 Å². The van der Waals surface area contributed by atoms with E-state index in [1.54, 1.807) is 5.71 Å². The molecule has 2 aromatic rings. The second kappa shape index (κ2) is 10.4. The van der Waals surface area contributed by atoms with Gasteiger partial charge in [-0.3, -0.25) is 0 Å². The lowest BCUT2D eigenvalue weighted by Crippen LogP contribution is -2.68. The van der Waals surface area contributed by atoms with E-state index < -0.39 is 10.2 Å². The van der Waals surface area contributed by atoms with E-state index in [-0.39, 0.29) is 0 Å². The summed E-state index contributed by atoms with van der Waals surface area (Å²) >= 11 is 0. The molecule has 0 amide bonds. The molecule has 0 saturated heterocycles. The molecule has 1 aliphatic carbocycles. The van der Waals surface area contributed by atoms with Gasteiger partial charge in [-0.05, 0) is 12.8 Å². The molecule has 1 aliphatic rings. The Morgan fingerprint density at radius 2 is 1.04 bits per heavy atom. The average molecular weight is 378 g/mol. The zero-order valence-corrected chi connectivity index (χ0v) is 15.4. The fourth-order valence-electron chi connectivity index (χ4n) is 3.16. The largest absolute Gasteiger partial charge is 0.228 e. The van der Waals surface area contributed by atoms with E-state index in [1.807, 2.05) is 0 Å². The Hall–Kier alpha value is -1.76. The average Bonchev–Trinajstić information content (AvgIpc) is 2.62.